The van der Waals surface area contributed by atoms with E-state index in [2.05, 4.69) is 29.4 Å². The molecule has 37 heavy (non-hydrogen) atoms. The van der Waals surface area contributed by atoms with E-state index in [4.69, 9.17) is 14.2 Å². The third kappa shape index (κ3) is 5.04. The molecule has 0 amide bonds. The van der Waals surface area contributed by atoms with Gasteiger partial charge in [-0.2, -0.15) is 5.10 Å². The summed E-state index contributed by atoms with van der Waals surface area (Å²) >= 11 is 0. The Labute approximate surface area is 216 Å². The van der Waals surface area contributed by atoms with Crippen LogP contribution >= 0.6 is 0 Å². The molecule has 4 aromatic rings. The van der Waals surface area contributed by atoms with Crippen LogP contribution < -0.4 is 9.47 Å². The van der Waals surface area contributed by atoms with Crippen molar-refractivity contribution in [3.8, 4) is 11.5 Å². The zero-order valence-electron chi connectivity index (χ0n) is 21.4. The number of rotatable bonds is 10. The Hall–Kier alpha value is -3.84. The third-order valence-corrected chi connectivity index (χ3v) is 7.40. The molecule has 1 heterocycles. The first-order valence-electron chi connectivity index (χ1n) is 12.6. The SMILES string of the molecule is COc1cc([C@@H]2C[C@H](Cn3cc4cccc(C(=O)O)c4n3)C2OCCc2ccccc2)cc(OC)c1C. The molecule has 3 aromatic carbocycles. The van der Waals surface area contributed by atoms with Crippen LogP contribution in [0.25, 0.3) is 10.9 Å². The number of benzene rings is 3. The van der Waals surface area contributed by atoms with Gasteiger partial charge >= 0.3 is 5.97 Å². The van der Waals surface area contributed by atoms with E-state index in [1.165, 1.54) is 5.56 Å². The van der Waals surface area contributed by atoms with Crippen molar-refractivity contribution in [3.05, 3.63) is 89.1 Å². The monoisotopic (exact) mass is 500 g/mol. The first kappa shape index (κ1) is 24.8. The summed E-state index contributed by atoms with van der Waals surface area (Å²) in [4.78, 5) is 11.6. The summed E-state index contributed by atoms with van der Waals surface area (Å²) in [6.45, 7) is 3.26. The summed E-state index contributed by atoms with van der Waals surface area (Å²) < 4.78 is 19.6. The number of hydrogen-bond donors (Lipinski definition) is 1. The van der Waals surface area contributed by atoms with Gasteiger partial charge in [0.15, 0.2) is 0 Å². The molecule has 0 saturated heterocycles. The lowest BCUT2D eigenvalue weighted by Crippen LogP contribution is -2.45. The topological polar surface area (TPSA) is 82.8 Å². The molecule has 5 rings (SSSR count). The molecule has 0 aliphatic heterocycles. The number of fused-ring (bicyclic) bond motifs is 1. The van der Waals surface area contributed by atoms with E-state index >= 15 is 0 Å². The first-order chi connectivity index (χ1) is 18.0. The van der Waals surface area contributed by atoms with Crippen LogP contribution in [-0.2, 0) is 17.7 Å². The molecule has 0 bridgehead atoms. The normalized spacial score (nSPS) is 18.9. The number of carboxylic acid groups (broad SMARTS) is 1. The lowest BCUT2D eigenvalue weighted by atomic mass is 9.68. The predicted octanol–water partition coefficient (Wildman–Crippen LogP) is 5.49. The summed E-state index contributed by atoms with van der Waals surface area (Å²) in [6.07, 6.45) is 3.68. The molecule has 7 nitrogen and oxygen atoms in total. The highest BCUT2D eigenvalue weighted by Crippen LogP contribution is 2.47. The van der Waals surface area contributed by atoms with Gasteiger partial charge in [-0.1, -0.05) is 42.5 Å². The quantitative estimate of drug-likeness (QED) is 0.310. The number of carbonyl (C=O) groups is 1. The second kappa shape index (κ2) is 10.6. The Kier molecular flexibility index (Phi) is 7.15. The van der Waals surface area contributed by atoms with E-state index in [0.717, 1.165) is 40.9 Å². The lowest BCUT2D eigenvalue weighted by molar-refractivity contribution is -0.0715. The van der Waals surface area contributed by atoms with E-state index in [1.807, 2.05) is 42.1 Å². The van der Waals surface area contributed by atoms with Crippen LogP contribution in [-0.4, -0.2) is 47.8 Å². The average molecular weight is 501 g/mol. The molecular formula is C30H32N2O5. The van der Waals surface area contributed by atoms with Crippen molar-refractivity contribution < 1.29 is 24.1 Å². The van der Waals surface area contributed by atoms with Crippen LogP contribution in [0.2, 0.25) is 0 Å². The Morgan fingerprint density at radius 2 is 1.78 bits per heavy atom. The Bertz CT molecular complexity index is 1370. The maximum atomic E-state index is 11.6. The molecule has 192 valence electrons. The Morgan fingerprint density at radius 3 is 2.46 bits per heavy atom. The van der Waals surface area contributed by atoms with Gasteiger partial charge in [0.1, 0.15) is 17.0 Å². The highest BCUT2D eigenvalue weighted by Gasteiger charge is 2.43. The number of carboxylic acids is 1. The van der Waals surface area contributed by atoms with E-state index in [0.29, 0.717) is 18.7 Å². The van der Waals surface area contributed by atoms with E-state index in [1.54, 1.807) is 26.4 Å². The van der Waals surface area contributed by atoms with Gasteiger partial charge in [0, 0.05) is 35.5 Å². The van der Waals surface area contributed by atoms with E-state index in [9.17, 15) is 9.90 Å². The lowest BCUT2D eigenvalue weighted by Gasteiger charge is -2.45. The number of methoxy groups -OCH3 is 2. The summed E-state index contributed by atoms with van der Waals surface area (Å²) in [5.74, 6) is 1.08. The Balaban J connectivity index is 1.38. The van der Waals surface area contributed by atoms with Crippen molar-refractivity contribution in [2.75, 3.05) is 20.8 Å². The van der Waals surface area contributed by atoms with Crippen LogP contribution in [0.1, 0.15) is 39.4 Å². The summed E-state index contributed by atoms with van der Waals surface area (Å²) in [7, 11) is 3.35. The molecule has 1 aromatic heterocycles. The maximum absolute atomic E-state index is 11.6. The van der Waals surface area contributed by atoms with Crippen molar-refractivity contribution in [2.24, 2.45) is 5.92 Å². The standard InChI is InChI=1S/C30H32N2O5/c1-19-26(35-2)15-22(16-27(19)36-3)25-14-23(29(25)37-13-12-20-8-5-4-6-9-20)18-32-17-21-10-7-11-24(30(33)34)28(21)31-32/h4-11,15-17,23,25,29H,12-14,18H2,1-3H3,(H,33,34)/t23-,25+,29?/m1/s1. The first-order valence-corrected chi connectivity index (χ1v) is 12.6. The van der Waals surface area contributed by atoms with Gasteiger partial charge in [-0.05, 0) is 49.1 Å². The van der Waals surface area contributed by atoms with Gasteiger partial charge in [-0.3, -0.25) is 4.68 Å². The number of aromatic carboxylic acids is 1. The zero-order valence-corrected chi connectivity index (χ0v) is 21.4. The minimum atomic E-state index is -0.969. The number of nitrogens with zero attached hydrogens (tertiary/aromatic N) is 2. The van der Waals surface area contributed by atoms with Crippen molar-refractivity contribution >= 4 is 16.9 Å². The van der Waals surface area contributed by atoms with Crippen molar-refractivity contribution in [2.45, 2.75) is 38.3 Å². The molecule has 1 fully saturated rings. The van der Waals surface area contributed by atoms with Gasteiger partial charge in [-0.15, -0.1) is 0 Å². The molecule has 1 N–H and O–H groups in total. The molecule has 0 spiro atoms. The molecular weight excluding hydrogens is 468 g/mol. The second-order valence-electron chi connectivity index (χ2n) is 9.62. The number of hydrogen-bond acceptors (Lipinski definition) is 5. The average Bonchev–Trinajstić information content (AvgIpc) is 3.32. The van der Waals surface area contributed by atoms with Crippen LogP contribution in [0.3, 0.4) is 0 Å². The maximum Gasteiger partial charge on any atom is 0.337 e. The summed E-state index contributed by atoms with van der Waals surface area (Å²) in [5.41, 5.74) is 4.09. The minimum Gasteiger partial charge on any atom is -0.496 e. The van der Waals surface area contributed by atoms with Crippen LogP contribution in [0.4, 0.5) is 0 Å². The second-order valence-corrected chi connectivity index (χ2v) is 9.62. The third-order valence-electron chi connectivity index (χ3n) is 7.40. The zero-order chi connectivity index (χ0) is 25.9. The smallest absolute Gasteiger partial charge is 0.337 e. The minimum absolute atomic E-state index is 0.00733. The van der Waals surface area contributed by atoms with E-state index < -0.39 is 5.97 Å². The van der Waals surface area contributed by atoms with Gasteiger partial charge in [0.25, 0.3) is 0 Å². The summed E-state index contributed by atoms with van der Waals surface area (Å²) in [5, 5.41) is 15.0. The molecule has 0 radical (unpaired) electrons. The van der Waals surface area contributed by atoms with Crippen LogP contribution in [0.5, 0.6) is 11.5 Å². The molecule has 1 unspecified atom stereocenters. The van der Waals surface area contributed by atoms with Crippen molar-refractivity contribution in [1.29, 1.82) is 0 Å². The van der Waals surface area contributed by atoms with Crippen LogP contribution in [0.15, 0.2) is 66.9 Å². The largest absolute Gasteiger partial charge is 0.496 e. The predicted molar refractivity (Wildman–Crippen MR) is 142 cm³/mol. The highest BCUT2D eigenvalue weighted by molar-refractivity contribution is 6.01. The van der Waals surface area contributed by atoms with Gasteiger partial charge in [-0.25, -0.2) is 4.79 Å². The van der Waals surface area contributed by atoms with Gasteiger partial charge < -0.3 is 19.3 Å². The van der Waals surface area contributed by atoms with Crippen LogP contribution in [0, 0.1) is 12.8 Å². The molecule has 7 heteroatoms. The van der Waals surface area contributed by atoms with Gasteiger partial charge in [0.2, 0.25) is 0 Å². The molecule has 1 saturated carbocycles. The number of ether oxygens (including phenoxy) is 3. The van der Waals surface area contributed by atoms with E-state index in [-0.39, 0.29) is 23.5 Å². The fraction of sp³-hybridized carbons (Fsp3) is 0.333. The fourth-order valence-electron chi connectivity index (χ4n) is 5.36. The van der Waals surface area contributed by atoms with Gasteiger partial charge in [0.05, 0.1) is 32.5 Å². The highest BCUT2D eigenvalue weighted by atomic mass is 16.5. The molecule has 3 atom stereocenters. The molecule has 1 aliphatic carbocycles. The Morgan fingerprint density at radius 1 is 1.05 bits per heavy atom. The van der Waals surface area contributed by atoms with Crippen molar-refractivity contribution in [3.63, 3.8) is 0 Å². The summed E-state index contributed by atoms with van der Waals surface area (Å²) in [6, 6.07) is 19.8. The molecule has 1 aliphatic rings. The fourth-order valence-corrected chi connectivity index (χ4v) is 5.36. The number of aromatic nitrogens is 2. The van der Waals surface area contributed by atoms with Crippen molar-refractivity contribution in [1.82, 2.24) is 9.78 Å².